The van der Waals surface area contributed by atoms with E-state index in [1.165, 1.54) is 25.2 Å². The molecule has 1 aromatic carbocycles. The summed E-state index contributed by atoms with van der Waals surface area (Å²) >= 11 is 3.51. The molecule has 3 atom stereocenters. The van der Waals surface area contributed by atoms with Gasteiger partial charge in [-0.1, -0.05) is 28.1 Å². The van der Waals surface area contributed by atoms with E-state index >= 15 is 0 Å². The molecule has 3 rings (SSSR count). The molecule has 2 aliphatic rings. The van der Waals surface area contributed by atoms with Crippen LogP contribution < -0.4 is 5.32 Å². The first-order chi connectivity index (χ1) is 9.48. The number of hydrogen-bond acceptors (Lipinski definition) is 2. The predicted octanol–water partition coefficient (Wildman–Crippen LogP) is 3.31. The predicted molar refractivity (Wildman–Crippen MR) is 87.9 cm³/mol. The van der Waals surface area contributed by atoms with Crippen molar-refractivity contribution in [3.05, 3.63) is 34.3 Å². The first-order valence-electron chi connectivity index (χ1n) is 7.70. The Bertz CT molecular complexity index is 468. The number of hydrogen-bond donors (Lipinski definition) is 1. The fourth-order valence-electron chi connectivity index (χ4n) is 4.27. The lowest BCUT2D eigenvalue weighted by Crippen LogP contribution is -2.49. The second-order valence-corrected chi connectivity index (χ2v) is 7.93. The van der Waals surface area contributed by atoms with E-state index in [2.05, 4.69) is 71.2 Å². The van der Waals surface area contributed by atoms with Gasteiger partial charge >= 0.3 is 0 Å². The van der Waals surface area contributed by atoms with Gasteiger partial charge in [0, 0.05) is 29.1 Å². The SMILES string of the molecule is CC(Cc1ccc(Br)cc1)N1CC2CNCC2C1(C)C. The van der Waals surface area contributed by atoms with Crippen LogP contribution >= 0.6 is 15.9 Å². The van der Waals surface area contributed by atoms with Crippen LogP contribution in [0.5, 0.6) is 0 Å². The molecule has 2 aliphatic heterocycles. The van der Waals surface area contributed by atoms with Crippen molar-refractivity contribution in [2.75, 3.05) is 19.6 Å². The lowest BCUT2D eigenvalue weighted by molar-refractivity contribution is 0.0970. The van der Waals surface area contributed by atoms with Crippen molar-refractivity contribution in [2.24, 2.45) is 11.8 Å². The summed E-state index contributed by atoms with van der Waals surface area (Å²) in [4.78, 5) is 2.74. The largest absolute Gasteiger partial charge is 0.316 e. The quantitative estimate of drug-likeness (QED) is 0.910. The Morgan fingerprint density at radius 1 is 1.30 bits per heavy atom. The Balaban J connectivity index is 1.71. The molecule has 0 spiro atoms. The molecular formula is C17H25BrN2. The molecule has 0 aliphatic carbocycles. The minimum absolute atomic E-state index is 0.322. The van der Waals surface area contributed by atoms with Gasteiger partial charge in [-0.2, -0.15) is 0 Å². The highest BCUT2D eigenvalue weighted by atomic mass is 79.9. The molecule has 20 heavy (non-hydrogen) atoms. The van der Waals surface area contributed by atoms with Crippen LogP contribution in [0.3, 0.4) is 0 Å². The Kier molecular flexibility index (Phi) is 3.95. The fraction of sp³-hybridized carbons (Fsp3) is 0.647. The van der Waals surface area contributed by atoms with Crippen molar-refractivity contribution >= 4 is 15.9 Å². The molecule has 2 heterocycles. The monoisotopic (exact) mass is 336 g/mol. The molecule has 2 nitrogen and oxygen atoms in total. The van der Waals surface area contributed by atoms with E-state index in [4.69, 9.17) is 0 Å². The van der Waals surface area contributed by atoms with E-state index in [-0.39, 0.29) is 0 Å². The van der Waals surface area contributed by atoms with Gasteiger partial charge < -0.3 is 5.32 Å². The Labute approximate surface area is 131 Å². The fourth-order valence-corrected chi connectivity index (χ4v) is 4.54. The van der Waals surface area contributed by atoms with Gasteiger partial charge in [0.15, 0.2) is 0 Å². The van der Waals surface area contributed by atoms with E-state index < -0.39 is 0 Å². The van der Waals surface area contributed by atoms with Crippen LogP contribution in [0.1, 0.15) is 26.3 Å². The maximum Gasteiger partial charge on any atom is 0.0200 e. The lowest BCUT2D eigenvalue weighted by Gasteiger charge is -2.40. The van der Waals surface area contributed by atoms with Gasteiger partial charge in [0.05, 0.1) is 0 Å². The molecule has 3 unspecified atom stereocenters. The van der Waals surface area contributed by atoms with E-state index in [0.717, 1.165) is 22.7 Å². The van der Waals surface area contributed by atoms with Crippen molar-refractivity contribution < 1.29 is 0 Å². The molecule has 1 aromatic rings. The second kappa shape index (κ2) is 5.43. The second-order valence-electron chi connectivity index (χ2n) is 7.01. The van der Waals surface area contributed by atoms with E-state index in [9.17, 15) is 0 Å². The molecule has 1 N–H and O–H groups in total. The highest BCUT2D eigenvalue weighted by Gasteiger charge is 2.50. The highest BCUT2D eigenvalue weighted by molar-refractivity contribution is 9.10. The van der Waals surface area contributed by atoms with Crippen molar-refractivity contribution in [2.45, 2.75) is 38.8 Å². The van der Waals surface area contributed by atoms with Crippen molar-refractivity contribution in [1.82, 2.24) is 10.2 Å². The number of likely N-dealkylation sites (tertiary alicyclic amines) is 1. The van der Waals surface area contributed by atoms with Crippen LogP contribution in [0.4, 0.5) is 0 Å². The lowest BCUT2D eigenvalue weighted by atomic mass is 9.84. The maximum atomic E-state index is 3.56. The van der Waals surface area contributed by atoms with Crippen LogP contribution in [-0.4, -0.2) is 36.1 Å². The van der Waals surface area contributed by atoms with Crippen LogP contribution in [0.25, 0.3) is 0 Å². The number of fused-ring (bicyclic) bond motifs is 1. The molecule has 0 radical (unpaired) electrons. The average Bonchev–Trinajstić information content (AvgIpc) is 2.95. The van der Waals surface area contributed by atoms with Crippen LogP contribution in [0.2, 0.25) is 0 Å². The van der Waals surface area contributed by atoms with Crippen molar-refractivity contribution in [1.29, 1.82) is 0 Å². The Hall–Kier alpha value is -0.380. The number of nitrogens with zero attached hydrogens (tertiary/aromatic N) is 1. The number of nitrogens with one attached hydrogen (secondary N) is 1. The van der Waals surface area contributed by atoms with Crippen LogP contribution in [0.15, 0.2) is 28.7 Å². The van der Waals surface area contributed by atoms with E-state index in [1.54, 1.807) is 0 Å². The molecule has 110 valence electrons. The van der Waals surface area contributed by atoms with E-state index in [1.807, 2.05) is 0 Å². The maximum absolute atomic E-state index is 3.56. The molecule has 0 bridgehead atoms. The number of halogens is 1. The first-order valence-corrected chi connectivity index (χ1v) is 8.49. The Morgan fingerprint density at radius 2 is 2.00 bits per heavy atom. The highest BCUT2D eigenvalue weighted by Crippen LogP contribution is 2.42. The minimum Gasteiger partial charge on any atom is -0.316 e. The third-order valence-corrected chi connectivity index (χ3v) is 5.92. The van der Waals surface area contributed by atoms with Gasteiger partial charge in [-0.3, -0.25) is 4.90 Å². The summed E-state index contributed by atoms with van der Waals surface area (Å²) in [6.45, 7) is 10.9. The van der Waals surface area contributed by atoms with Crippen LogP contribution in [-0.2, 0) is 6.42 Å². The van der Waals surface area contributed by atoms with Gasteiger partial charge in [0.25, 0.3) is 0 Å². The zero-order chi connectivity index (χ0) is 14.3. The average molecular weight is 337 g/mol. The smallest absolute Gasteiger partial charge is 0.0200 e. The number of benzene rings is 1. The molecule has 2 saturated heterocycles. The van der Waals surface area contributed by atoms with Gasteiger partial charge in [-0.15, -0.1) is 0 Å². The zero-order valence-corrected chi connectivity index (χ0v) is 14.3. The summed E-state index contributed by atoms with van der Waals surface area (Å²) in [5.74, 6) is 1.66. The van der Waals surface area contributed by atoms with E-state index in [0.29, 0.717) is 11.6 Å². The molecular weight excluding hydrogens is 312 g/mol. The minimum atomic E-state index is 0.322. The Morgan fingerprint density at radius 3 is 2.65 bits per heavy atom. The third kappa shape index (κ3) is 2.56. The molecule has 2 fully saturated rings. The molecule has 0 aromatic heterocycles. The van der Waals surface area contributed by atoms with Gasteiger partial charge in [0.1, 0.15) is 0 Å². The number of rotatable bonds is 3. The summed E-state index contributed by atoms with van der Waals surface area (Å²) in [5, 5.41) is 3.56. The van der Waals surface area contributed by atoms with Gasteiger partial charge in [0.2, 0.25) is 0 Å². The standard InChI is InChI=1S/C17H25BrN2/c1-12(8-13-4-6-15(18)7-5-13)20-11-14-9-19-10-16(14)17(20,2)3/h4-7,12,14,16,19H,8-11H2,1-3H3. The molecule has 0 amide bonds. The van der Waals surface area contributed by atoms with Gasteiger partial charge in [-0.25, -0.2) is 0 Å². The molecule has 0 saturated carbocycles. The van der Waals surface area contributed by atoms with Crippen LogP contribution in [0, 0.1) is 11.8 Å². The summed E-state index contributed by atoms with van der Waals surface area (Å²) in [5.41, 5.74) is 1.76. The summed E-state index contributed by atoms with van der Waals surface area (Å²) in [7, 11) is 0. The normalized spacial score (nSPS) is 30.4. The summed E-state index contributed by atoms with van der Waals surface area (Å²) in [6, 6.07) is 9.39. The topological polar surface area (TPSA) is 15.3 Å². The van der Waals surface area contributed by atoms with Crippen molar-refractivity contribution in [3.63, 3.8) is 0 Å². The van der Waals surface area contributed by atoms with Crippen molar-refractivity contribution in [3.8, 4) is 0 Å². The summed E-state index contributed by atoms with van der Waals surface area (Å²) in [6.07, 6.45) is 1.14. The third-order valence-electron chi connectivity index (χ3n) is 5.40. The first kappa shape index (κ1) is 14.6. The van der Waals surface area contributed by atoms with Gasteiger partial charge in [-0.05, 0) is 63.3 Å². The zero-order valence-electron chi connectivity index (χ0n) is 12.7. The molecule has 3 heteroatoms. The summed E-state index contributed by atoms with van der Waals surface area (Å²) < 4.78 is 1.16.